The zero-order chi connectivity index (χ0) is 17.4. The average molecular weight is 347 g/mol. The molecule has 128 valence electrons. The van der Waals surface area contributed by atoms with Gasteiger partial charge in [-0.15, -0.1) is 0 Å². The van der Waals surface area contributed by atoms with Gasteiger partial charge in [0.1, 0.15) is 0 Å². The number of hydrogen-bond acceptors (Lipinski definition) is 4. The SMILES string of the molecule is CN(Cc1ccn[nH]1)C(=O)C1(c2ccc(S(C)(=O)=O)cc2)CCC1. The van der Waals surface area contributed by atoms with Crippen LogP contribution in [-0.2, 0) is 26.6 Å². The van der Waals surface area contributed by atoms with E-state index in [1.807, 2.05) is 6.07 Å². The summed E-state index contributed by atoms with van der Waals surface area (Å²) in [5.74, 6) is 0.0652. The van der Waals surface area contributed by atoms with Gasteiger partial charge in [-0.1, -0.05) is 18.6 Å². The molecule has 1 N–H and O–H groups in total. The molecule has 0 bridgehead atoms. The minimum Gasteiger partial charge on any atom is -0.339 e. The molecule has 6 nitrogen and oxygen atoms in total. The Bertz CT molecular complexity index is 822. The Balaban J connectivity index is 1.84. The lowest BCUT2D eigenvalue weighted by Gasteiger charge is -2.43. The third-order valence-electron chi connectivity index (χ3n) is 4.76. The lowest BCUT2D eigenvalue weighted by molar-refractivity contribution is -0.140. The molecule has 1 aromatic heterocycles. The Morgan fingerprint density at radius 3 is 2.38 bits per heavy atom. The van der Waals surface area contributed by atoms with Crippen LogP contribution in [0.5, 0.6) is 0 Å². The molecule has 1 amide bonds. The first-order valence-corrected chi connectivity index (χ1v) is 9.76. The summed E-state index contributed by atoms with van der Waals surface area (Å²) in [4.78, 5) is 15.0. The van der Waals surface area contributed by atoms with E-state index >= 15 is 0 Å². The van der Waals surface area contributed by atoms with Crippen molar-refractivity contribution >= 4 is 15.7 Å². The number of carbonyl (C=O) groups excluding carboxylic acids is 1. The van der Waals surface area contributed by atoms with Gasteiger partial charge in [0.05, 0.1) is 22.5 Å². The van der Waals surface area contributed by atoms with Gasteiger partial charge in [-0.25, -0.2) is 8.42 Å². The number of carbonyl (C=O) groups is 1. The Kier molecular flexibility index (Phi) is 4.21. The zero-order valence-corrected chi connectivity index (χ0v) is 14.6. The second-order valence-corrected chi connectivity index (χ2v) is 8.49. The largest absolute Gasteiger partial charge is 0.339 e. The molecule has 1 saturated carbocycles. The van der Waals surface area contributed by atoms with E-state index in [0.717, 1.165) is 30.5 Å². The number of hydrogen-bond donors (Lipinski definition) is 1. The fourth-order valence-electron chi connectivity index (χ4n) is 3.24. The first-order valence-electron chi connectivity index (χ1n) is 7.87. The van der Waals surface area contributed by atoms with Crippen LogP contribution in [0.3, 0.4) is 0 Å². The highest BCUT2D eigenvalue weighted by Crippen LogP contribution is 2.45. The molecule has 3 rings (SSSR count). The molecule has 0 atom stereocenters. The van der Waals surface area contributed by atoms with E-state index in [1.165, 1.54) is 6.26 Å². The molecular formula is C17H21N3O3S. The molecule has 1 heterocycles. The van der Waals surface area contributed by atoms with Gasteiger partial charge >= 0.3 is 0 Å². The monoisotopic (exact) mass is 347 g/mol. The van der Waals surface area contributed by atoms with Gasteiger partial charge in [0.2, 0.25) is 5.91 Å². The van der Waals surface area contributed by atoms with E-state index in [0.29, 0.717) is 6.54 Å². The van der Waals surface area contributed by atoms with Gasteiger partial charge in [-0.05, 0) is 36.6 Å². The van der Waals surface area contributed by atoms with Crippen molar-refractivity contribution in [1.82, 2.24) is 15.1 Å². The van der Waals surface area contributed by atoms with Crippen molar-refractivity contribution in [2.45, 2.75) is 36.1 Å². The number of sulfone groups is 1. The topological polar surface area (TPSA) is 83.1 Å². The highest BCUT2D eigenvalue weighted by Gasteiger charge is 2.47. The van der Waals surface area contributed by atoms with Gasteiger partial charge in [0, 0.05) is 19.5 Å². The lowest BCUT2D eigenvalue weighted by atomic mass is 9.63. The number of aromatic nitrogens is 2. The van der Waals surface area contributed by atoms with Gasteiger partial charge in [-0.3, -0.25) is 9.89 Å². The summed E-state index contributed by atoms with van der Waals surface area (Å²) in [7, 11) is -1.45. The number of likely N-dealkylation sites (N-methyl/N-ethyl adjacent to an activating group) is 1. The second kappa shape index (κ2) is 6.05. The molecule has 24 heavy (non-hydrogen) atoms. The number of H-pyrrole nitrogens is 1. The van der Waals surface area contributed by atoms with Crippen molar-refractivity contribution in [2.24, 2.45) is 0 Å². The number of nitrogens with one attached hydrogen (secondary N) is 1. The van der Waals surface area contributed by atoms with Crippen molar-refractivity contribution in [3.63, 3.8) is 0 Å². The molecular weight excluding hydrogens is 326 g/mol. The summed E-state index contributed by atoms with van der Waals surface area (Å²) in [6.07, 6.45) is 5.42. The minimum absolute atomic E-state index is 0.0652. The van der Waals surface area contributed by atoms with Crippen molar-refractivity contribution < 1.29 is 13.2 Å². The van der Waals surface area contributed by atoms with Crippen LogP contribution in [0, 0.1) is 0 Å². The van der Waals surface area contributed by atoms with Crippen LogP contribution in [-0.4, -0.2) is 42.7 Å². The molecule has 0 spiro atoms. The smallest absolute Gasteiger partial charge is 0.233 e. The van der Waals surface area contributed by atoms with Crippen LogP contribution in [0.1, 0.15) is 30.5 Å². The molecule has 0 saturated heterocycles. The Labute approximate surface area is 141 Å². The molecule has 2 aromatic rings. The third kappa shape index (κ3) is 2.96. The van der Waals surface area contributed by atoms with E-state index < -0.39 is 15.3 Å². The predicted octanol–water partition coefficient (Wildman–Crippen LogP) is 1.89. The summed E-state index contributed by atoms with van der Waals surface area (Å²) >= 11 is 0. The number of benzene rings is 1. The van der Waals surface area contributed by atoms with E-state index in [-0.39, 0.29) is 10.8 Å². The predicted molar refractivity (Wildman–Crippen MR) is 90.1 cm³/mol. The van der Waals surface area contributed by atoms with Crippen molar-refractivity contribution in [1.29, 1.82) is 0 Å². The first kappa shape index (κ1) is 16.7. The summed E-state index contributed by atoms with van der Waals surface area (Å²) < 4.78 is 23.2. The molecule has 0 radical (unpaired) electrons. The van der Waals surface area contributed by atoms with E-state index in [2.05, 4.69) is 10.2 Å². The fraction of sp³-hybridized carbons (Fsp3) is 0.412. The van der Waals surface area contributed by atoms with Crippen molar-refractivity contribution in [2.75, 3.05) is 13.3 Å². The maximum atomic E-state index is 13.0. The van der Waals surface area contributed by atoms with Crippen LogP contribution >= 0.6 is 0 Å². The van der Waals surface area contributed by atoms with Crippen molar-refractivity contribution in [3.8, 4) is 0 Å². The maximum Gasteiger partial charge on any atom is 0.233 e. The van der Waals surface area contributed by atoms with Crippen LogP contribution < -0.4 is 0 Å². The maximum absolute atomic E-state index is 13.0. The van der Waals surface area contributed by atoms with E-state index in [9.17, 15) is 13.2 Å². The van der Waals surface area contributed by atoms with Gasteiger partial charge < -0.3 is 4.90 Å². The number of aromatic amines is 1. The summed E-state index contributed by atoms with van der Waals surface area (Å²) in [6, 6.07) is 8.58. The quantitative estimate of drug-likeness (QED) is 0.895. The first-order chi connectivity index (χ1) is 11.3. The lowest BCUT2D eigenvalue weighted by Crippen LogP contribution is -2.49. The van der Waals surface area contributed by atoms with Gasteiger partial charge in [0.15, 0.2) is 9.84 Å². The second-order valence-electron chi connectivity index (χ2n) is 6.48. The van der Waals surface area contributed by atoms with E-state index in [4.69, 9.17) is 0 Å². The zero-order valence-electron chi connectivity index (χ0n) is 13.8. The van der Waals surface area contributed by atoms with Gasteiger partial charge in [-0.2, -0.15) is 5.10 Å². The number of rotatable bonds is 5. The molecule has 1 aliphatic rings. The molecule has 1 aliphatic carbocycles. The number of amides is 1. The van der Waals surface area contributed by atoms with Crippen LogP contribution in [0.2, 0.25) is 0 Å². The molecule has 7 heteroatoms. The van der Waals surface area contributed by atoms with E-state index in [1.54, 1.807) is 42.4 Å². The molecule has 1 fully saturated rings. The van der Waals surface area contributed by atoms with Crippen molar-refractivity contribution in [3.05, 3.63) is 47.8 Å². The minimum atomic E-state index is -3.23. The Morgan fingerprint density at radius 2 is 1.92 bits per heavy atom. The van der Waals surface area contributed by atoms with Crippen LogP contribution in [0.15, 0.2) is 41.4 Å². The highest BCUT2D eigenvalue weighted by molar-refractivity contribution is 7.90. The normalized spacial score (nSPS) is 16.4. The molecule has 1 aromatic carbocycles. The average Bonchev–Trinajstić information content (AvgIpc) is 2.98. The summed E-state index contributed by atoms with van der Waals surface area (Å²) in [6.45, 7) is 0.474. The van der Waals surface area contributed by atoms with Crippen LogP contribution in [0.25, 0.3) is 0 Å². The fourth-order valence-corrected chi connectivity index (χ4v) is 3.87. The number of nitrogens with zero attached hydrogens (tertiary/aromatic N) is 2. The molecule has 0 aliphatic heterocycles. The summed E-state index contributed by atoms with van der Waals surface area (Å²) in [5, 5.41) is 6.77. The van der Waals surface area contributed by atoms with Crippen LogP contribution in [0.4, 0.5) is 0 Å². The Hall–Kier alpha value is -2.15. The third-order valence-corrected chi connectivity index (χ3v) is 5.89. The molecule has 0 unspecified atom stereocenters. The van der Waals surface area contributed by atoms with Gasteiger partial charge in [0.25, 0.3) is 0 Å². The summed E-state index contributed by atoms with van der Waals surface area (Å²) in [5.41, 5.74) is 1.24. The standard InChI is InChI=1S/C17H21N3O3S/c1-20(12-14-8-11-18-19-14)16(21)17(9-3-10-17)13-4-6-15(7-5-13)24(2,22)23/h4-8,11H,3,9-10,12H2,1-2H3,(H,18,19). The Morgan fingerprint density at radius 1 is 1.25 bits per heavy atom. The highest BCUT2D eigenvalue weighted by atomic mass is 32.2.